The van der Waals surface area contributed by atoms with Gasteiger partial charge in [-0.1, -0.05) is 5.16 Å². The Bertz CT molecular complexity index is 1110. The van der Waals surface area contributed by atoms with Gasteiger partial charge in [0, 0.05) is 6.20 Å². The van der Waals surface area contributed by atoms with Crippen molar-refractivity contribution in [3.05, 3.63) is 58.7 Å². The summed E-state index contributed by atoms with van der Waals surface area (Å²) in [6, 6.07) is 7.88. The van der Waals surface area contributed by atoms with Gasteiger partial charge in [0.1, 0.15) is 5.69 Å². The third kappa shape index (κ3) is 2.57. The average molecular weight is 347 g/mol. The van der Waals surface area contributed by atoms with Crippen LogP contribution < -0.4 is 5.76 Å². The first kappa shape index (κ1) is 15.1. The minimum atomic E-state index is -4.42. The molecule has 1 N–H and O–H groups in total. The van der Waals surface area contributed by atoms with Crippen molar-refractivity contribution in [1.82, 2.24) is 24.9 Å². The second kappa shape index (κ2) is 5.30. The molecule has 4 aromatic rings. The predicted octanol–water partition coefficient (Wildman–Crippen LogP) is 2.78. The lowest BCUT2D eigenvalue weighted by atomic mass is 10.2. The van der Waals surface area contributed by atoms with Crippen LogP contribution in [0.5, 0.6) is 0 Å². The van der Waals surface area contributed by atoms with Crippen LogP contribution in [-0.2, 0) is 6.18 Å². The van der Waals surface area contributed by atoms with Crippen LogP contribution in [0.4, 0.5) is 13.2 Å². The van der Waals surface area contributed by atoms with Crippen LogP contribution in [0, 0.1) is 0 Å². The number of aromatic nitrogens is 5. The topological polar surface area (TPSA) is 89.6 Å². The standard InChI is InChI=1S/C15H8F3N5O2/c16-15(17,18)8-3-5-9(6-4-8)23-13-10(2-1-7-19-13)11(21-23)12-20-14(24)25-22-12/h1-7H,(H,20,22,24). The van der Waals surface area contributed by atoms with Crippen molar-refractivity contribution < 1.29 is 17.7 Å². The molecule has 7 nitrogen and oxygen atoms in total. The number of nitrogens with zero attached hydrogens (tertiary/aromatic N) is 4. The monoisotopic (exact) mass is 347 g/mol. The van der Waals surface area contributed by atoms with E-state index in [1.807, 2.05) is 0 Å². The largest absolute Gasteiger partial charge is 0.439 e. The molecular weight excluding hydrogens is 339 g/mol. The smallest absolute Gasteiger partial charge is 0.296 e. The summed E-state index contributed by atoms with van der Waals surface area (Å²) in [6.07, 6.45) is -2.89. The highest BCUT2D eigenvalue weighted by atomic mass is 19.4. The van der Waals surface area contributed by atoms with E-state index in [1.54, 1.807) is 12.1 Å². The van der Waals surface area contributed by atoms with Gasteiger partial charge in [0.2, 0.25) is 5.82 Å². The van der Waals surface area contributed by atoms with Gasteiger partial charge in [-0.15, -0.1) is 0 Å². The minimum absolute atomic E-state index is 0.105. The van der Waals surface area contributed by atoms with Gasteiger partial charge in [-0.2, -0.15) is 18.3 Å². The fraction of sp³-hybridized carbons (Fsp3) is 0.0667. The minimum Gasteiger partial charge on any atom is -0.296 e. The maximum absolute atomic E-state index is 12.7. The van der Waals surface area contributed by atoms with E-state index in [2.05, 4.69) is 24.7 Å². The maximum Gasteiger partial charge on any atom is 0.439 e. The summed E-state index contributed by atoms with van der Waals surface area (Å²) in [6.45, 7) is 0. The zero-order chi connectivity index (χ0) is 17.6. The highest BCUT2D eigenvalue weighted by Gasteiger charge is 2.30. The second-order valence-electron chi connectivity index (χ2n) is 5.12. The van der Waals surface area contributed by atoms with Gasteiger partial charge in [-0.3, -0.25) is 9.51 Å². The summed E-state index contributed by atoms with van der Waals surface area (Å²) in [7, 11) is 0. The fourth-order valence-electron chi connectivity index (χ4n) is 2.43. The SMILES string of the molecule is O=c1[nH]c(-c2nn(-c3ccc(C(F)(F)F)cc3)c3ncccc23)no1. The van der Waals surface area contributed by atoms with E-state index >= 15 is 0 Å². The van der Waals surface area contributed by atoms with Crippen LogP contribution in [0.1, 0.15) is 5.56 Å². The number of aromatic amines is 1. The first-order valence-electron chi connectivity index (χ1n) is 7.01. The van der Waals surface area contributed by atoms with E-state index < -0.39 is 17.5 Å². The Morgan fingerprint density at radius 3 is 2.52 bits per heavy atom. The molecule has 3 heterocycles. The van der Waals surface area contributed by atoms with Crippen molar-refractivity contribution in [3.8, 4) is 17.2 Å². The number of benzene rings is 1. The molecule has 0 saturated heterocycles. The number of fused-ring (bicyclic) bond motifs is 1. The predicted molar refractivity (Wildman–Crippen MR) is 80.0 cm³/mol. The molecule has 0 aliphatic rings. The highest BCUT2D eigenvalue weighted by Crippen LogP contribution is 2.31. The lowest BCUT2D eigenvalue weighted by molar-refractivity contribution is -0.137. The first-order chi connectivity index (χ1) is 11.9. The Morgan fingerprint density at radius 2 is 1.88 bits per heavy atom. The Kier molecular flexibility index (Phi) is 3.20. The molecular formula is C15H8F3N5O2. The zero-order valence-electron chi connectivity index (χ0n) is 12.3. The lowest BCUT2D eigenvalue weighted by Gasteiger charge is -2.08. The Hall–Kier alpha value is -3.43. The van der Waals surface area contributed by atoms with Crippen LogP contribution in [0.2, 0.25) is 0 Å². The highest BCUT2D eigenvalue weighted by molar-refractivity contribution is 5.89. The number of halogens is 3. The van der Waals surface area contributed by atoms with Crippen molar-refractivity contribution in [2.75, 3.05) is 0 Å². The molecule has 25 heavy (non-hydrogen) atoms. The molecule has 0 aliphatic heterocycles. The number of rotatable bonds is 2. The number of alkyl halides is 3. The molecule has 0 saturated carbocycles. The average Bonchev–Trinajstić information content (AvgIpc) is 3.18. The third-order valence-corrected chi connectivity index (χ3v) is 3.55. The molecule has 126 valence electrons. The number of hydrogen-bond acceptors (Lipinski definition) is 5. The van der Waals surface area contributed by atoms with Gasteiger partial charge in [0.05, 0.1) is 16.6 Å². The Balaban J connectivity index is 1.89. The summed E-state index contributed by atoms with van der Waals surface area (Å²) in [4.78, 5) is 17.8. The van der Waals surface area contributed by atoms with Gasteiger partial charge in [-0.25, -0.2) is 14.5 Å². The number of hydrogen-bond donors (Lipinski definition) is 1. The summed E-state index contributed by atoms with van der Waals surface area (Å²) >= 11 is 0. The van der Waals surface area contributed by atoms with Crippen molar-refractivity contribution in [3.63, 3.8) is 0 Å². The molecule has 3 aromatic heterocycles. The van der Waals surface area contributed by atoms with E-state index in [0.717, 1.165) is 12.1 Å². The van der Waals surface area contributed by atoms with E-state index in [0.29, 0.717) is 22.4 Å². The summed E-state index contributed by atoms with van der Waals surface area (Å²) in [5.74, 6) is -0.634. The molecule has 0 bridgehead atoms. The molecule has 0 fully saturated rings. The number of H-pyrrole nitrogens is 1. The first-order valence-corrected chi connectivity index (χ1v) is 7.01. The molecule has 0 amide bonds. The maximum atomic E-state index is 12.7. The molecule has 0 atom stereocenters. The number of nitrogens with one attached hydrogen (secondary N) is 1. The van der Waals surface area contributed by atoms with E-state index in [1.165, 1.54) is 23.0 Å². The van der Waals surface area contributed by atoms with Gasteiger partial charge in [0.25, 0.3) is 0 Å². The normalized spacial score (nSPS) is 12.0. The van der Waals surface area contributed by atoms with Gasteiger partial charge in [0.15, 0.2) is 5.65 Å². The van der Waals surface area contributed by atoms with Crippen molar-refractivity contribution >= 4 is 11.0 Å². The van der Waals surface area contributed by atoms with Gasteiger partial charge < -0.3 is 0 Å². The van der Waals surface area contributed by atoms with Crippen LogP contribution in [0.25, 0.3) is 28.2 Å². The van der Waals surface area contributed by atoms with Crippen molar-refractivity contribution in [1.29, 1.82) is 0 Å². The Labute approximate surface area is 136 Å². The third-order valence-electron chi connectivity index (χ3n) is 3.55. The van der Waals surface area contributed by atoms with Crippen LogP contribution in [0.3, 0.4) is 0 Å². The zero-order valence-corrected chi connectivity index (χ0v) is 12.3. The second-order valence-corrected chi connectivity index (χ2v) is 5.12. The van der Waals surface area contributed by atoms with E-state index in [9.17, 15) is 18.0 Å². The molecule has 10 heteroatoms. The molecule has 0 aliphatic carbocycles. The van der Waals surface area contributed by atoms with Crippen LogP contribution in [0.15, 0.2) is 51.9 Å². The van der Waals surface area contributed by atoms with Crippen LogP contribution in [-0.4, -0.2) is 24.9 Å². The van der Waals surface area contributed by atoms with Crippen molar-refractivity contribution in [2.45, 2.75) is 6.18 Å². The molecule has 1 aromatic carbocycles. The summed E-state index contributed by atoms with van der Waals surface area (Å²) < 4.78 is 44.0. The molecule has 0 radical (unpaired) electrons. The van der Waals surface area contributed by atoms with E-state index in [-0.39, 0.29) is 5.82 Å². The Morgan fingerprint density at radius 1 is 1.12 bits per heavy atom. The number of pyridine rings is 1. The fourth-order valence-corrected chi connectivity index (χ4v) is 2.43. The van der Waals surface area contributed by atoms with Gasteiger partial charge in [-0.05, 0) is 36.4 Å². The van der Waals surface area contributed by atoms with Crippen LogP contribution >= 0.6 is 0 Å². The van der Waals surface area contributed by atoms with Gasteiger partial charge >= 0.3 is 11.9 Å². The quantitative estimate of drug-likeness (QED) is 0.602. The molecule has 4 rings (SSSR count). The van der Waals surface area contributed by atoms with Crippen molar-refractivity contribution in [2.24, 2.45) is 0 Å². The molecule has 0 spiro atoms. The molecule has 0 unspecified atom stereocenters. The summed E-state index contributed by atoms with van der Waals surface area (Å²) in [5, 5.41) is 8.47. The lowest BCUT2D eigenvalue weighted by Crippen LogP contribution is -2.05. The van der Waals surface area contributed by atoms with E-state index in [4.69, 9.17) is 0 Å². The summed E-state index contributed by atoms with van der Waals surface area (Å²) in [5.41, 5.74) is 0.325.